The lowest BCUT2D eigenvalue weighted by atomic mass is 9.95. The van der Waals surface area contributed by atoms with Crippen LogP contribution in [0.25, 0.3) is 21.6 Å². The van der Waals surface area contributed by atoms with Gasteiger partial charge in [-0.1, -0.05) is 55.8 Å². The first-order valence-corrected chi connectivity index (χ1v) is 8.92. The molecule has 3 aromatic rings. The third-order valence-corrected chi connectivity index (χ3v) is 5.75. The van der Waals surface area contributed by atoms with Gasteiger partial charge < -0.3 is 5.11 Å². The lowest BCUT2D eigenvalue weighted by Crippen LogP contribution is -1.93. The fourth-order valence-corrected chi connectivity index (χ4v) is 4.28. The van der Waals surface area contributed by atoms with E-state index in [1.165, 1.54) is 22.6 Å². The van der Waals surface area contributed by atoms with Gasteiger partial charge in [-0.15, -0.1) is 11.3 Å². The number of aliphatic hydroxyl groups is 1. The molecule has 0 unspecified atom stereocenters. The van der Waals surface area contributed by atoms with E-state index in [-0.39, 0.29) is 12.4 Å². The summed E-state index contributed by atoms with van der Waals surface area (Å²) < 4.78 is 13.3. The molecule has 1 N–H and O–H groups in total. The average Bonchev–Trinajstić information content (AvgIpc) is 2.96. The van der Waals surface area contributed by atoms with Gasteiger partial charge in [0.15, 0.2) is 0 Å². The number of halogens is 1. The van der Waals surface area contributed by atoms with Gasteiger partial charge in [0.05, 0.1) is 6.61 Å². The van der Waals surface area contributed by atoms with Gasteiger partial charge >= 0.3 is 0 Å². The van der Waals surface area contributed by atoms with Crippen molar-refractivity contribution in [3.8, 4) is 21.6 Å². The summed E-state index contributed by atoms with van der Waals surface area (Å²) in [5.41, 5.74) is 5.27. The molecule has 0 amide bonds. The molecule has 0 aliphatic carbocycles. The van der Waals surface area contributed by atoms with Crippen molar-refractivity contribution >= 4 is 11.3 Å². The molecular weight excluding hydrogens is 319 g/mol. The molecule has 0 spiro atoms. The summed E-state index contributed by atoms with van der Waals surface area (Å²) >= 11 is 1.72. The molecule has 2 aromatic carbocycles. The Bertz CT molecular complexity index is 830. The third kappa shape index (κ3) is 3.14. The van der Waals surface area contributed by atoms with Crippen LogP contribution < -0.4 is 0 Å². The Morgan fingerprint density at radius 1 is 0.958 bits per heavy atom. The highest BCUT2D eigenvalue weighted by atomic mass is 32.1. The molecule has 3 heteroatoms. The minimum atomic E-state index is -0.250. The predicted octanol–water partition coefficient (Wildman–Crippen LogP) is 6.15. The smallest absolute Gasteiger partial charge is 0.123 e. The molecule has 1 aromatic heterocycles. The summed E-state index contributed by atoms with van der Waals surface area (Å²) in [4.78, 5) is 2.32. The van der Waals surface area contributed by atoms with Crippen molar-refractivity contribution in [3.05, 3.63) is 70.4 Å². The van der Waals surface area contributed by atoms with Gasteiger partial charge in [-0.05, 0) is 36.1 Å². The third-order valence-electron chi connectivity index (χ3n) is 4.17. The lowest BCUT2D eigenvalue weighted by molar-refractivity contribution is 0.281. The first kappa shape index (κ1) is 16.9. The minimum absolute atomic E-state index is 0.0113. The van der Waals surface area contributed by atoms with Crippen molar-refractivity contribution < 1.29 is 9.50 Å². The fraction of sp³-hybridized carbons (Fsp3) is 0.238. The van der Waals surface area contributed by atoms with Crippen molar-refractivity contribution in [1.82, 2.24) is 0 Å². The Morgan fingerprint density at radius 3 is 2.08 bits per heavy atom. The van der Waals surface area contributed by atoms with Crippen LogP contribution in [0.3, 0.4) is 0 Å². The van der Waals surface area contributed by atoms with Crippen LogP contribution in [0.4, 0.5) is 4.39 Å². The SMILES string of the molecule is Cc1ccc(-c2sc(C(C)C)c(CO)c2-c2ccc(F)cc2)cc1. The van der Waals surface area contributed by atoms with E-state index in [2.05, 4.69) is 45.0 Å². The minimum Gasteiger partial charge on any atom is -0.392 e. The van der Waals surface area contributed by atoms with Gasteiger partial charge in [0, 0.05) is 20.9 Å². The van der Waals surface area contributed by atoms with Crippen LogP contribution in [-0.2, 0) is 6.61 Å². The molecule has 24 heavy (non-hydrogen) atoms. The van der Waals surface area contributed by atoms with Gasteiger partial charge in [-0.2, -0.15) is 0 Å². The molecule has 0 atom stereocenters. The lowest BCUT2D eigenvalue weighted by Gasteiger charge is -2.09. The van der Waals surface area contributed by atoms with Crippen LogP contribution in [0.2, 0.25) is 0 Å². The maximum absolute atomic E-state index is 13.3. The second-order valence-corrected chi connectivity index (χ2v) is 7.39. The topological polar surface area (TPSA) is 20.2 Å². The molecule has 0 radical (unpaired) electrons. The van der Waals surface area contributed by atoms with Crippen LogP contribution in [-0.4, -0.2) is 5.11 Å². The van der Waals surface area contributed by atoms with E-state index in [4.69, 9.17) is 0 Å². The summed E-state index contributed by atoms with van der Waals surface area (Å²) in [5, 5.41) is 10.0. The summed E-state index contributed by atoms with van der Waals surface area (Å²) in [6, 6.07) is 14.9. The van der Waals surface area contributed by atoms with Crippen LogP contribution in [0.1, 0.15) is 35.8 Å². The van der Waals surface area contributed by atoms with Gasteiger partial charge in [0.1, 0.15) is 5.82 Å². The van der Waals surface area contributed by atoms with Crippen LogP contribution in [0.15, 0.2) is 48.5 Å². The zero-order chi connectivity index (χ0) is 17.3. The summed E-state index contributed by atoms with van der Waals surface area (Å²) in [6.07, 6.45) is 0. The molecule has 1 heterocycles. The first-order chi connectivity index (χ1) is 11.5. The van der Waals surface area contributed by atoms with E-state index in [1.54, 1.807) is 23.5 Å². The zero-order valence-corrected chi connectivity index (χ0v) is 15.0. The standard InChI is InChI=1S/C21H21FOS/c1-13(2)20-18(12-23)19(15-8-10-17(22)11-9-15)21(24-20)16-6-4-14(3)5-7-16/h4-11,13,23H,12H2,1-3H3. The Hall–Kier alpha value is -1.97. The van der Waals surface area contributed by atoms with E-state index < -0.39 is 0 Å². The van der Waals surface area contributed by atoms with Gasteiger partial charge in [0.2, 0.25) is 0 Å². The quantitative estimate of drug-likeness (QED) is 0.604. The second-order valence-electron chi connectivity index (χ2n) is 6.33. The van der Waals surface area contributed by atoms with E-state index in [1.807, 2.05) is 0 Å². The number of benzene rings is 2. The Balaban J connectivity index is 2.27. The second kappa shape index (κ2) is 6.88. The van der Waals surface area contributed by atoms with Crippen molar-refractivity contribution in [1.29, 1.82) is 0 Å². The van der Waals surface area contributed by atoms with Gasteiger partial charge in [-0.25, -0.2) is 4.39 Å². The van der Waals surface area contributed by atoms with Crippen molar-refractivity contribution in [2.45, 2.75) is 33.3 Å². The summed E-state index contributed by atoms with van der Waals surface area (Å²) in [5.74, 6) is 0.0797. The number of thiophene rings is 1. The summed E-state index contributed by atoms with van der Waals surface area (Å²) in [7, 11) is 0. The molecule has 0 saturated carbocycles. The van der Waals surface area contributed by atoms with Crippen LogP contribution >= 0.6 is 11.3 Å². The van der Waals surface area contributed by atoms with Crippen LogP contribution in [0.5, 0.6) is 0 Å². The van der Waals surface area contributed by atoms with Gasteiger partial charge in [-0.3, -0.25) is 0 Å². The molecule has 0 aliphatic rings. The van der Waals surface area contributed by atoms with E-state index in [0.717, 1.165) is 27.1 Å². The zero-order valence-electron chi connectivity index (χ0n) is 14.1. The largest absolute Gasteiger partial charge is 0.392 e. The van der Waals surface area contributed by atoms with E-state index in [9.17, 15) is 9.50 Å². The molecule has 0 bridgehead atoms. The molecule has 3 rings (SSSR count). The molecule has 124 valence electrons. The fourth-order valence-electron chi connectivity index (χ4n) is 2.94. The van der Waals surface area contributed by atoms with Crippen molar-refractivity contribution in [2.75, 3.05) is 0 Å². The van der Waals surface area contributed by atoms with Crippen molar-refractivity contribution in [2.24, 2.45) is 0 Å². The highest BCUT2D eigenvalue weighted by molar-refractivity contribution is 7.16. The van der Waals surface area contributed by atoms with E-state index >= 15 is 0 Å². The number of aryl methyl sites for hydroxylation is 1. The van der Waals surface area contributed by atoms with Crippen LogP contribution in [0, 0.1) is 12.7 Å². The molecular formula is C21H21FOS. The van der Waals surface area contributed by atoms with Crippen molar-refractivity contribution in [3.63, 3.8) is 0 Å². The molecule has 1 nitrogen and oxygen atoms in total. The summed E-state index contributed by atoms with van der Waals surface area (Å²) in [6.45, 7) is 6.33. The Kier molecular flexibility index (Phi) is 4.83. The van der Waals surface area contributed by atoms with E-state index in [0.29, 0.717) is 5.92 Å². The highest BCUT2D eigenvalue weighted by Gasteiger charge is 2.21. The maximum atomic E-state index is 13.3. The monoisotopic (exact) mass is 340 g/mol. The maximum Gasteiger partial charge on any atom is 0.123 e. The average molecular weight is 340 g/mol. The number of rotatable bonds is 4. The Labute approximate surface area is 146 Å². The Morgan fingerprint density at radius 2 is 1.54 bits per heavy atom. The number of aliphatic hydroxyl groups excluding tert-OH is 1. The highest BCUT2D eigenvalue weighted by Crippen LogP contribution is 2.45. The number of hydrogen-bond acceptors (Lipinski definition) is 2. The number of hydrogen-bond donors (Lipinski definition) is 1. The first-order valence-electron chi connectivity index (χ1n) is 8.10. The normalized spacial score (nSPS) is 11.2. The molecule has 0 aliphatic heterocycles. The predicted molar refractivity (Wildman–Crippen MR) is 99.9 cm³/mol. The van der Waals surface area contributed by atoms with Gasteiger partial charge in [0.25, 0.3) is 0 Å². The molecule has 0 saturated heterocycles. The molecule has 0 fully saturated rings.